The van der Waals surface area contributed by atoms with Crippen LogP contribution in [0.15, 0.2) is 24.7 Å². The van der Waals surface area contributed by atoms with Crippen molar-refractivity contribution in [3.05, 3.63) is 30.2 Å². The Kier molecular flexibility index (Phi) is 6.43. The molecule has 0 atom stereocenters. The van der Waals surface area contributed by atoms with Crippen molar-refractivity contribution in [3.8, 4) is 5.88 Å². The third-order valence-corrected chi connectivity index (χ3v) is 4.78. The number of hydrogen-bond acceptors (Lipinski definition) is 3. The highest BCUT2D eigenvalue weighted by Gasteiger charge is 2.15. The van der Waals surface area contributed by atoms with Gasteiger partial charge in [0.1, 0.15) is 6.33 Å². The number of aryl methyl sites for hydroxylation is 1. The van der Waals surface area contributed by atoms with E-state index in [1.807, 2.05) is 30.8 Å². The highest BCUT2D eigenvalue weighted by atomic mass is 32.2. The van der Waals surface area contributed by atoms with Crippen LogP contribution in [0.3, 0.4) is 0 Å². The lowest BCUT2D eigenvalue weighted by Gasteiger charge is -2.20. The Morgan fingerprint density at radius 2 is 2.00 bits per heavy atom. The summed E-state index contributed by atoms with van der Waals surface area (Å²) < 4.78 is 7.97. The van der Waals surface area contributed by atoms with Crippen molar-refractivity contribution in [2.45, 2.75) is 52.9 Å². The molecule has 3 rings (SSSR count). The third kappa shape index (κ3) is 4.16. The van der Waals surface area contributed by atoms with E-state index in [0.29, 0.717) is 0 Å². The van der Waals surface area contributed by atoms with Crippen LogP contribution < -0.4 is 4.18 Å². The first-order valence-electron chi connectivity index (χ1n) is 8.06. The van der Waals surface area contributed by atoms with Crippen molar-refractivity contribution >= 4 is 17.6 Å². The van der Waals surface area contributed by atoms with Crippen LogP contribution in [0.2, 0.25) is 0 Å². The van der Waals surface area contributed by atoms with Crippen molar-refractivity contribution in [2.24, 2.45) is 5.92 Å². The molecule has 1 aliphatic rings. The van der Waals surface area contributed by atoms with Crippen LogP contribution in [0.1, 0.15) is 51.5 Å². The largest absolute Gasteiger partial charge is 0.407 e. The second-order valence-electron chi connectivity index (χ2n) is 5.38. The summed E-state index contributed by atoms with van der Waals surface area (Å²) in [5, 5.41) is 0. The predicted octanol–water partition coefficient (Wildman–Crippen LogP) is 5.28. The molecular formula is C17H26N2OS. The number of nitrogens with zero attached hydrogens (tertiary/aromatic N) is 2. The van der Waals surface area contributed by atoms with E-state index in [9.17, 15) is 0 Å². The van der Waals surface area contributed by atoms with Gasteiger partial charge >= 0.3 is 0 Å². The van der Waals surface area contributed by atoms with Gasteiger partial charge < -0.3 is 4.18 Å². The Morgan fingerprint density at radius 3 is 2.76 bits per heavy atom. The van der Waals surface area contributed by atoms with Gasteiger partial charge in [-0.05, 0) is 31.7 Å². The van der Waals surface area contributed by atoms with Gasteiger partial charge in [-0.25, -0.2) is 4.98 Å². The van der Waals surface area contributed by atoms with Crippen LogP contribution in [-0.4, -0.2) is 15.1 Å². The van der Waals surface area contributed by atoms with Crippen molar-refractivity contribution in [3.63, 3.8) is 0 Å². The first-order chi connectivity index (χ1) is 10.3. The lowest BCUT2D eigenvalue weighted by Crippen LogP contribution is -2.09. The molecule has 1 saturated carbocycles. The number of pyridine rings is 1. The van der Waals surface area contributed by atoms with Gasteiger partial charge in [-0.15, -0.1) is 0 Å². The summed E-state index contributed by atoms with van der Waals surface area (Å²) in [6, 6.07) is 4.16. The molecule has 116 valence electrons. The molecule has 1 aliphatic carbocycles. The fourth-order valence-electron chi connectivity index (χ4n) is 2.72. The van der Waals surface area contributed by atoms with E-state index in [2.05, 4.69) is 24.0 Å². The van der Waals surface area contributed by atoms with E-state index < -0.39 is 0 Å². The summed E-state index contributed by atoms with van der Waals surface area (Å²) in [7, 11) is 0. The maximum Gasteiger partial charge on any atom is 0.217 e. The number of rotatable bonds is 4. The Balaban J connectivity index is 0.000000774. The lowest BCUT2D eigenvalue weighted by atomic mass is 9.91. The zero-order valence-electron chi connectivity index (χ0n) is 13.3. The smallest absolute Gasteiger partial charge is 0.217 e. The molecule has 2 aromatic rings. The topological polar surface area (TPSA) is 26.5 Å². The summed E-state index contributed by atoms with van der Waals surface area (Å²) in [5.74, 6) is 2.85. The summed E-state index contributed by atoms with van der Waals surface area (Å²) in [6.07, 6.45) is 10.6. The van der Waals surface area contributed by atoms with Crippen LogP contribution in [0.5, 0.6) is 5.88 Å². The second-order valence-corrected chi connectivity index (χ2v) is 6.12. The second kappa shape index (κ2) is 8.32. The molecular weight excluding hydrogens is 280 g/mol. The fraction of sp³-hybridized carbons (Fsp3) is 0.588. The molecule has 0 unspecified atom stereocenters. The predicted molar refractivity (Wildman–Crippen MR) is 90.9 cm³/mol. The molecule has 0 spiro atoms. The van der Waals surface area contributed by atoms with E-state index in [1.54, 1.807) is 12.0 Å². The maximum absolute atomic E-state index is 5.95. The molecule has 21 heavy (non-hydrogen) atoms. The van der Waals surface area contributed by atoms with Crippen LogP contribution in [0.4, 0.5) is 0 Å². The Bertz CT molecular complexity index is 547. The Labute approximate surface area is 132 Å². The third-order valence-electron chi connectivity index (χ3n) is 3.89. The molecule has 1 fully saturated rings. The average molecular weight is 306 g/mol. The molecule has 2 heterocycles. The molecule has 2 aromatic heterocycles. The number of aromatic nitrogens is 2. The minimum absolute atomic E-state index is 0.834. The molecule has 3 nitrogen and oxygen atoms in total. The molecule has 0 amide bonds. The van der Waals surface area contributed by atoms with Gasteiger partial charge in [-0.3, -0.25) is 4.40 Å². The average Bonchev–Trinajstić information content (AvgIpc) is 3.01. The molecule has 0 aliphatic heterocycles. The van der Waals surface area contributed by atoms with Gasteiger partial charge in [0.05, 0.1) is 23.8 Å². The van der Waals surface area contributed by atoms with E-state index in [0.717, 1.165) is 28.6 Å². The minimum atomic E-state index is 0.834. The minimum Gasteiger partial charge on any atom is -0.407 e. The van der Waals surface area contributed by atoms with Crippen LogP contribution in [0.25, 0.3) is 5.52 Å². The normalized spacial score (nSPS) is 15.6. The zero-order chi connectivity index (χ0) is 15.1. The summed E-state index contributed by atoms with van der Waals surface area (Å²) in [4.78, 5) is 4.17. The molecule has 0 bridgehead atoms. The van der Waals surface area contributed by atoms with Gasteiger partial charge in [0.15, 0.2) is 0 Å². The molecule has 0 aromatic carbocycles. The van der Waals surface area contributed by atoms with Gasteiger partial charge in [-0.1, -0.05) is 39.2 Å². The van der Waals surface area contributed by atoms with Crippen molar-refractivity contribution in [1.82, 2.24) is 9.38 Å². The van der Waals surface area contributed by atoms with Gasteiger partial charge in [0, 0.05) is 11.3 Å². The summed E-state index contributed by atoms with van der Waals surface area (Å²) in [5.41, 5.74) is 2.24. The highest BCUT2D eigenvalue weighted by molar-refractivity contribution is 7.95. The zero-order valence-corrected chi connectivity index (χ0v) is 14.2. The Hall–Kier alpha value is -1.16. The number of hydrogen-bond donors (Lipinski definition) is 0. The van der Waals surface area contributed by atoms with Gasteiger partial charge in [0.25, 0.3) is 0 Å². The van der Waals surface area contributed by atoms with E-state index in [4.69, 9.17) is 4.18 Å². The maximum atomic E-state index is 5.95. The first kappa shape index (κ1) is 16.2. The highest BCUT2D eigenvalue weighted by Crippen LogP contribution is 2.29. The number of fused-ring (bicyclic) bond motifs is 1. The van der Waals surface area contributed by atoms with Crippen LogP contribution in [-0.2, 0) is 0 Å². The van der Waals surface area contributed by atoms with Crippen LogP contribution >= 0.6 is 12.0 Å². The lowest BCUT2D eigenvalue weighted by molar-refractivity contribution is 0.388. The van der Waals surface area contributed by atoms with Crippen LogP contribution in [0, 0.1) is 12.8 Å². The standard InChI is InChI=1S/C15H20N2OS.C2H6/c1-12-7-8-14-9-16-11-17(14)15(12)18-19-10-13-5-3-2-4-6-13;1-2/h7-9,11,13H,2-6,10H2,1H3;1-2H3. The molecule has 0 saturated heterocycles. The van der Waals surface area contributed by atoms with Crippen molar-refractivity contribution in [1.29, 1.82) is 0 Å². The van der Waals surface area contributed by atoms with Gasteiger partial charge in [0.2, 0.25) is 5.88 Å². The Morgan fingerprint density at radius 1 is 1.24 bits per heavy atom. The quantitative estimate of drug-likeness (QED) is 0.719. The monoisotopic (exact) mass is 306 g/mol. The summed E-state index contributed by atoms with van der Waals surface area (Å²) in [6.45, 7) is 6.08. The first-order valence-corrected chi connectivity index (χ1v) is 8.97. The summed E-state index contributed by atoms with van der Waals surface area (Å²) >= 11 is 1.60. The SMILES string of the molecule is CC.Cc1ccc2cncn2c1OSCC1CCCCC1. The van der Waals surface area contributed by atoms with Crippen molar-refractivity contribution < 1.29 is 4.18 Å². The van der Waals surface area contributed by atoms with E-state index >= 15 is 0 Å². The molecule has 0 N–H and O–H groups in total. The molecule has 0 radical (unpaired) electrons. The van der Waals surface area contributed by atoms with E-state index in [-0.39, 0.29) is 0 Å². The van der Waals surface area contributed by atoms with Gasteiger partial charge in [-0.2, -0.15) is 0 Å². The molecule has 4 heteroatoms. The van der Waals surface area contributed by atoms with Crippen molar-refractivity contribution in [2.75, 3.05) is 5.75 Å². The van der Waals surface area contributed by atoms with E-state index in [1.165, 1.54) is 32.1 Å². The number of imidazole rings is 1. The fourth-order valence-corrected chi connectivity index (χ4v) is 3.63.